The van der Waals surface area contributed by atoms with E-state index in [2.05, 4.69) is 4.74 Å². The first-order valence-electron chi connectivity index (χ1n) is 3.75. The number of ketones is 1. The fourth-order valence-electron chi connectivity index (χ4n) is 1.07. The third-order valence-corrected chi connectivity index (χ3v) is 1.73. The molecule has 1 rings (SSSR count). The van der Waals surface area contributed by atoms with E-state index in [4.69, 9.17) is 0 Å². The first-order valence-corrected chi connectivity index (χ1v) is 3.75. The maximum absolute atomic E-state index is 13.0. The first kappa shape index (κ1) is 10.4. The summed E-state index contributed by atoms with van der Waals surface area (Å²) in [5, 5.41) is 9.31. The van der Waals surface area contributed by atoms with Crippen LogP contribution in [0.15, 0.2) is 6.07 Å². The lowest BCUT2D eigenvalue weighted by Crippen LogP contribution is -2.02. The molecule has 0 aliphatic carbocycles. The van der Waals surface area contributed by atoms with Crippen LogP contribution in [0.5, 0.6) is 11.5 Å². The number of hydrogen-bond acceptors (Lipinski definition) is 3. The molecule has 0 aromatic heterocycles. The molecule has 0 spiro atoms. The summed E-state index contributed by atoms with van der Waals surface area (Å²) < 4.78 is 30.4. The largest absolute Gasteiger partial charge is 0.504 e. The van der Waals surface area contributed by atoms with Crippen molar-refractivity contribution >= 4 is 5.78 Å². The third-order valence-electron chi connectivity index (χ3n) is 1.73. The molecule has 0 unspecified atom stereocenters. The molecule has 76 valence electrons. The molecule has 0 bridgehead atoms. The summed E-state index contributed by atoms with van der Waals surface area (Å²) in [5.41, 5.74) is -0.693. The van der Waals surface area contributed by atoms with Crippen molar-refractivity contribution in [3.05, 3.63) is 23.3 Å². The third kappa shape index (κ3) is 1.53. The van der Waals surface area contributed by atoms with Crippen molar-refractivity contribution < 1.29 is 23.4 Å². The van der Waals surface area contributed by atoms with Crippen molar-refractivity contribution in [2.75, 3.05) is 7.11 Å². The van der Waals surface area contributed by atoms with Crippen LogP contribution in [0.4, 0.5) is 8.78 Å². The summed E-state index contributed by atoms with van der Waals surface area (Å²) in [5.74, 6) is -4.31. The maximum atomic E-state index is 13.0. The van der Waals surface area contributed by atoms with Crippen LogP contribution in [-0.2, 0) is 0 Å². The zero-order chi connectivity index (χ0) is 10.9. The number of Topliss-reactive ketones (excluding diaryl/α,β-unsaturated/α-hetero) is 1. The fraction of sp³-hybridized carbons (Fsp3) is 0.222. The number of aromatic hydroxyl groups is 1. The van der Waals surface area contributed by atoms with Crippen LogP contribution in [0.25, 0.3) is 0 Å². The van der Waals surface area contributed by atoms with Gasteiger partial charge in [0.05, 0.1) is 7.11 Å². The van der Waals surface area contributed by atoms with E-state index in [-0.39, 0.29) is 5.75 Å². The molecule has 0 saturated carbocycles. The van der Waals surface area contributed by atoms with E-state index in [9.17, 15) is 18.7 Å². The van der Waals surface area contributed by atoms with Gasteiger partial charge in [-0.3, -0.25) is 4.79 Å². The number of halogens is 2. The second kappa shape index (κ2) is 3.61. The van der Waals surface area contributed by atoms with Gasteiger partial charge in [-0.1, -0.05) is 0 Å². The lowest BCUT2D eigenvalue weighted by atomic mass is 10.1. The molecular formula is C9H8F2O3. The highest BCUT2D eigenvalue weighted by atomic mass is 19.2. The Kier molecular flexibility index (Phi) is 2.69. The Hall–Kier alpha value is -1.65. The molecule has 0 aliphatic heterocycles. The van der Waals surface area contributed by atoms with Gasteiger partial charge in [0.25, 0.3) is 0 Å². The number of ether oxygens (including phenoxy) is 1. The lowest BCUT2D eigenvalue weighted by molar-refractivity contribution is 0.100. The van der Waals surface area contributed by atoms with Gasteiger partial charge in [-0.15, -0.1) is 0 Å². The van der Waals surface area contributed by atoms with Crippen LogP contribution in [0.3, 0.4) is 0 Å². The van der Waals surface area contributed by atoms with E-state index in [0.717, 1.165) is 6.92 Å². The molecule has 0 amide bonds. The standard InChI is InChI=1S/C9H8F2O3/c1-4(12)7-8(11)5(10)3-6(14-2)9(7)13/h3,13H,1-2H3. The predicted octanol–water partition coefficient (Wildman–Crippen LogP) is 1.88. The van der Waals surface area contributed by atoms with Crippen LogP contribution in [-0.4, -0.2) is 18.0 Å². The molecule has 1 aromatic carbocycles. The number of phenols is 1. The van der Waals surface area contributed by atoms with Crippen molar-refractivity contribution in [2.45, 2.75) is 6.92 Å². The molecule has 3 nitrogen and oxygen atoms in total. The van der Waals surface area contributed by atoms with Gasteiger partial charge >= 0.3 is 0 Å². The summed E-state index contributed by atoms with van der Waals surface area (Å²) in [7, 11) is 1.18. The molecule has 5 heteroatoms. The Morgan fingerprint density at radius 3 is 2.50 bits per heavy atom. The second-order valence-corrected chi connectivity index (χ2v) is 2.65. The van der Waals surface area contributed by atoms with E-state index >= 15 is 0 Å². The van der Waals surface area contributed by atoms with E-state index in [1.807, 2.05) is 0 Å². The van der Waals surface area contributed by atoms with Gasteiger partial charge in [0.1, 0.15) is 5.56 Å². The number of hydrogen-bond donors (Lipinski definition) is 1. The number of benzene rings is 1. The average molecular weight is 202 g/mol. The molecule has 0 saturated heterocycles. The van der Waals surface area contributed by atoms with Crippen molar-refractivity contribution in [3.63, 3.8) is 0 Å². The Labute approximate surface area is 78.9 Å². The van der Waals surface area contributed by atoms with Gasteiger partial charge in [0.15, 0.2) is 28.9 Å². The molecule has 1 aromatic rings. The second-order valence-electron chi connectivity index (χ2n) is 2.65. The molecule has 0 aliphatic rings. The topological polar surface area (TPSA) is 46.5 Å². The van der Waals surface area contributed by atoms with Crippen LogP contribution in [0, 0.1) is 11.6 Å². The van der Waals surface area contributed by atoms with Crippen LogP contribution >= 0.6 is 0 Å². The highest BCUT2D eigenvalue weighted by Gasteiger charge is 2.21. The van der Waals surface area contributed by atoms with Crippen molar-refractivity contribution in [3.8, 4) is 11.5 Å². The summed E-state index contributed by atoms with van der Waals surface area (Å²) in [4.78, 5) is 10.9. The fourth-order valence-corrected chi connectivity index (χ4v) is 1.07. The Morgan fingerprint density at radius 1 is 1.50 bits per heavy atom. The minimum atomic E-state index is -1.37. The van der Waals surface area contributed by atoms with Crippen LogP contribution < -0.4 is 4.74 Å². The van der Waals surface area contributed by atoms with E-state index in [1.54, 1.807) is 0 Å². The van der Waals surface area contributed by atoms with Crippen LogP contribution in [0.2, 0.25) is 0 Å². The number of methoxy groups -OCH3 is 1. The quantitative estimate of drug-likeness (QED) is 0.745. The molecule has 0 radical (unpaired) electrons. The minimum Gasteiger partial charge on any atom is -0.504 e. The van der Waals surface area contributed by atoms with Gasteiger partial charge in [0.2, 0.25) is 0 Å². The summed E-state index contributed by atoms with van der Waals surface area (Å²) >= 11 is 0. The molecule has 0 heterocycles. The van der Waals surface area contributed by atoms with E-state index < -0.39 is 28.7 Å². The van der Waals surface area contributed by atoms with E-state index in [0.29, 0.717) is 6.07 Å². The highest BCUT2D eigenvalue weighted by Crippen LogP contribution is 2.33. The molecule has 0 atom stereocenters. The lowest BCUT2D eigenvalue weighted by Gasteiger charge is -2.08. The number of carbonyl (C=O) groups is 1. The van der Waals surface area contributed by atoms with Gasteiger partial charge in [-0.2, -0.15) is 0 Å². The normalized spacial score (nSPS) is 10.0. The van der Waals surface area contributed by atoms with Crippen molar-refractivity contribution in [1.29, 1.82) is 0 Å². The molecule has 0 fully saturated rings. The highest BCUT2D eigenvalue weighted by molar-refractivity contribution is 5.97. The molecule has 1 N–H and O–H groups in total. The summed E-state index contributed by atoms with van der Waals surface area (Å²) in [6, 6.07) is 0.678. The molecule has 14 heavy (non-hydrogen) atoms. The van der Waals surface area contributed by atoms with E-state index in [1.165, 1.54) is 7.11 Å². The van der Waals surface area contributed by atoms with Crippen molar-refractivity contribution in [1.82, 2.24) is 0 Å². The summed E-state index contributed by atoms with van der Waals surface area (Å²) in [6.45, 7) is 1.02. The first-order chi connectivity index (χ1) is 6.49. The van der Waals surface area contributed by atoms with Gasteiger partial charge in [-0.05, 0) is 6.92 Å². The molecular weight excluding hydrogens is 194 g/mol. The van der Waals surface area contributed by atoms with Crippen LogP contribution in [0.1, 0.15) is 17.3 Å². The zero-order valence-corrected chi connectivity index (χ0v) is 7.60. The SMILES string of the molecule is COc1cc(F)c(F)c(C(C)=O)c1O. The van der Waals surface area contributed by atoms with Gasteiger partial charge in [-0.25, -0.2) is 8.78 Å². The number of carbonyl (C=O) groups excluding carboxylic acids is 1. The van der Waals surface area contributed by atoms with Gasteiger partial charge in [0, 0.05) is 6.07 Å². The maximum Gasteiger partial charge on any atom is 0.173 e. The minimum absolute atomic E-state index is 0.269. The Balaban J connectivity index is 3.53. The Morgan fingerprint density at radius 2 is 2.07 bits per heavy atom. The summed E-state index contributed by atoms with van der Waals surface area (Å²) in [6.07, 6.45) is 0. The number of phenolic OH excluding ortho intramolecular Hbond substituents is 1. The van der Waals surface area contributed by atoms with Gasteiger partial charge < -0.3 is 9.84 Å². The smallest absolute Gasteiger partial charge is 0.173 e. The monoisotopic (exact) mass is 202 g/mol. The number of rotatable bonds is 2. The predicted molar refractivity (Wildman–Crippen MR) is 44.6 cm³/mol. The van der Waals surface area contributed by atoms with Crippen molar-refractivity contribution in [2.24, 2.45) is 0 Å². The zero-order valence-electron chi connectivity index (χ0n) is 7.60. The average Bonchev–Trinajstić information content (AvgIpc) is 2.11. The Bertz CT molecular complexity index is 388.